The van der Waals surface area contributed by atoms with Crippen LogP contribution in [0.5, 0.6) is 0 Å². The molecule has 0 saturated heterocycles. The Morgan fingerprint density at radius 1 is 1.21 bits per heavy atom. The van der Waals surface area contributed by atoms with Gasteiger partial charge in [0.2, 0.25) is 0 Å². The fourth-order valence-electron chi connectivity index (χ4n) is 3.38. The van der Waals surface area contributed by atoms with Gasteiger partial charge < -0.3 is 10.4 Å². The molecule has 0 bridgehead atoms. The van der Waals surface area contributed by atoms with Gasteiger partial charge in [0, 0.05) is 0 Å². The van der Waals surface area contributed by atoms with E-state index in [-0.39, 0.29) is 11.9 Å². The van der Waals surface area contributed by atoms with Crippen LogP contribution in [0.15, 0.2) is 24.3 Å². The highest BCUT2D eigenvalue weighted by atomic mass is 16.3. The maximum Gasteiger partial charge on any atom is 0.252 e. The van der Waals surface area contributed by atoms with Crippen LogP contribution in [-0.4, -0.2) is 16.6 Å². The number of carbonyl (C=O) groups is 1. The number of carbonyl (C=O) groups excluding carboxylic acids is 1. The first-order valence-electron chi connectivity index (χ1n) is 7.30. The second-order valence-electron chi connectivity index (χ2n) is 5.86. The molecule has 3 rings (SSSR count). The molecule has 1 aromatic rings. The molecule has 1 fully saturated rings. The quantitative estimate of drug-likeness (QED) is 0.857. The highest BCUT2D eigenvalue weighted by Gasteiger charge is 2.40. The molecule has 2 N–H and O–H groups in total. The first kappa shape index (κ1) is 12.7. The standard InChI is InChI=1S/C16H21NO2/c18-15(16(19)10-3-4-11-16)17-14-9-5-7-12-6-1-2-8-13(12)14/h1-2,6,8,14,19H,3-5,7,9-11H2,(H,17,18). The Labute approximate surface area is 114 Å². The summed E-state index contributed by atoms with van der Waals surface area (Å²) in [6, 6.07) is 8.37. The molecule has 3 heteroatoms. The molecule has 1 atom stereocenters. The molecule has 2 aliphatic carbocycles. The minimum atomic E-state index is -1.12. The predicted molar refractivity (Wildman–Crippen MR) is 73.7 cm³/mol. The van der Waals surface area contributed by atoms with E-state index in [0.29, 0.717) is 12.8 Å². The summed E-state index contributed by atoms with van der Waals surface area (Å²) >= 11 is 0. The second kappa shape index (κ2) is 4.97. The van der Waals surface area contributed by atoms with E-state index in [1.54, 1.807) is 0 Å². The van der Waals surface area contributed by atoms with Crippen molar-refractivity contribution < 1.29 is 9.90 Å². The molecule has 1 amide bonds. The summed E-state index contributed by atoms with van der Waals surface area (Å²) in [4.78, 5) is 12.3. The minimum Gasteiger partial charge on any atom is -0.380 e. The van der Waals surface area contributed by atoms with Gasteiger partial charge in [-0.15, -0.1) is 0 Å². The van der Waals surface area contributed by atoms with E-state index < -0.39 is 5.60 Å². The third kappa shape index (κ3) is 2.39. The number of rotatable bonds is 2. The normalized spacial score (nSPS) is 24.8. The number of amides is 1. The van der Waals surface area contributed by atoms with E-state index in [9.17, 15) is 9.90 Å². The molecule has 0 aliphatic heterocycles. The largest absolute Gasteiger partial charge is 0.380 e. The summed E-state index contributed by atoms with van der Waals surface area (Å²) < 4.78 is 0. The van der Waals surface area contributed by atoms with Gasteiger partial charge in [-0.25, -0.2) is 0 Å². The lowest BCUT2D eigenvalue weighted by Crippen LogP contribution is -2.46. The van der Waals surface area contributed by atoms with E-state index in [2.05, 4.69) is 17.4 Å². The highest BCUT2D eigenvalue weighted by molar-refractivity contribution is 5.85. The zero-order valence-electron chi connectivity index (χ0n) is 11.2. The average Bonchev–Trinajstić information content (AvgIpc) is 2.87. The number of benzene rings is 1. The smallest absolute Gasteiger partial charge is 0.252 e. The van der Waals surface area contributed by atoms with Gasteiger partial charge in [0.1, 0.15) is 5.60 Å². The van der Waals surface area contributed by atoms with Crippen LogP contribution in [0.1, 0.15) is 55.7 Å². The summed E-state index contributed by atoms with van der Waals surface area (Å²) in [5, 5.41) is 13.4. The maximum atomic E-state index is 12.3. The van der Waals surface area contributed by atoms with Crippen LogP contribution in [0, 0.1) is 0 Å². The molecular weight excluding hydrogens is 238 g/mol. The molecule has 1 unspecified atom stereocenters. The number of nitrogens with one attached hydrogen (secondary N) is 1. The molecule has 3 nitrogen and oxygen atoms in total. The van der Waals surface area contributed by atoms with Crippen LogP contribution >= 0.6 is 0 Å². The summed E-state index contributed by atoms with van der Waals surface area (Å²) in [6.07, 6.45) is 6.27. The SMILES string of the molecule is O=C(NC1CCCc2ccccc21)C1(O)CCCC1. The van der Waals surface area contributed by atoms with E-state index in [0.717, 1.165) is 32.1 Å². The number of fused-ring (bicyclic) bond motifs is 1. The predicted octanol–water partition coefficient (Wildman–Crippen LogP) is 2.49. The van der Waals surface area contributed by atoms with Crippen molar-refractivity contribution in [1.82, 2.24) is 5.32 Å². The van der Waals surface area contributed by atoms with E-state index in [1.807, 2.05) is 12.1 Å². The Morgan fingerprint density at radius 3 is 2.74 bits per heavy atom. The van der Waals surface area contributed by atoms with Crippen molar-refractivity contribution >= 4 is 5.91 Å². The first-order valence-corrected chi connectivity index (χ1v) is 7.30. The third-order valence-electron chi connectivity index (χ3n) is 4.53. The van der Waals surface area contributed by atoms with Crippen LogP contribution in [-0.2, 0) is 11.2 Å². The number of hydrogen-bond donors (Lipinski definition) is 2. The Hall–Kier alpha value is -1.35. The Morgan fingerprint density at radius 2 is 1.95 bits per heavy atom. The molecule has 2 aliphatic rings. The first-order chi connectivity index (χ1) is 9.19. The molecule has 0 radical (unpaired) electrons. The van der Waals surface area contributed by atoms with Gasteiger partial charge >= 0.3 is 0 Å². The van der Waals surface area contributed by atoms with Gasteiger partial charge in [0.05, 0.1) is 6.04 Å². The zero-order chi connectivity index (χ0) is 13.3. The summed E-state index contributed by atoms with van der Waals surface area (Å²) in [6.45, 7) is 0. The van der Waals surface area contributed by atoms with Crippen molar-refractivity contribution in [2.24, 2.45) is 0 Å². The van der Waals surface area contributed by atoms with Gasteiger partial charge in [0.25, 0.3) is 5.91 Å². The molecule has 1 saturated carbocycles. The lowest BCUT2D eigenvalue weighted by atomic mass is 9.87. The maximum absolute atomic E-state index is 12.3. The van der Waals surface area contributed by atoms with Gasteiger partial charge in [-0.1, -0.05) is 24.3 Å². The average molecular weight is 259 g/mol. The van der Waals surface area contributed by atoms with Crippen molar-refractivity contribution in [3.8, 4) is 0 Å². The molecule has 1 aromatic carbocycles. The summed E-state index contributed by atoms with van der Waals surface area (Å²) in [5.74, 6) is -0.174. The molecule has 0 aromatic heterocycles. The highest BCUT2D eigenvalue weighted by Crippen LogP contribution is 2.33. The molecule has 0 spiro atoms. The van der Waals surface area contributed by atoms with Crippen molar-refractivity contribution in [2.45, 2.75) is 56.6 Å². The second-order valence-corrected chi connectivity index (χ2v) is 5.86. The molecule has 19 heavy (non-hydrogen) atoms. The monoisotopic (exact) mass is 259 g/mol. The lowest BCUT2D eigenvalue weighted by molar-refractivity contribution is -0.140. The summed E-state index contributed by atoms with van der Waals surface area (Å²) in [7, 11) is 0. The van der Waals surface area contributed by atoms with Gasteiger partial charge in [-0.2, -0.15) is 0 Å². The zero-order valence-corrected chi connectivity index (χ0v) is 11.2. The van der Waals surface area contributed by atoms with Crippen molar-refractivity contribution in [2.75, 3.05) is 0 Å². The molecule has 102 valence electrons. The molecule has 0 heterocycles. The molecular formula is C16H21NO2. The van der Waals surface area contributed by atoms with Crippen molar-refractivity contribution in [1.29, 1.82) is 0 Å². The Bertz CT molecular complexity index is 477. The van der Waals surface area contributed by atoms with Gasteiger partial charge in [0.15, 0.2) is 0 Å². The van der Waals surface area contributed by atoms with Crippen molar-refractivity contribution in [3.05, 3.63) is 35.4 Å². The fraction of sp³-hybridized carbons (Fsp3) is 0.562. The third-order valence-corrected chi connectivity index (χ3v) is 4.53. The van der Waals surface area contributed by atoms with Crippen LogP contribution in [0.25, 0.3) is 0 Å². The minimum absolute atomic E-state index is 0.0714. The van der Waals surface area contributed by atoms with Gasteiger partial charge in [-0.3, -0.25) is 4.79 Å². The summed E-state index contributed by atoms with van der Waals surface area (Å²) in [5.41, 5.74) is 1.44. The van der Waals surface area contributed by atoms with Crippen LogP contribution in [0.2, 0.25) is 0 Å². The van der Waals surface area contributed by atoms with Crippen LogP contribution in [0.4, 0.5) is 0 Å². The number of aliphatic hydroxyl groups is 1. The van der Waals surface area contributed by atoms with E-state index >= 15 is 0 Å². The lowest BCUT2D eigenvalue weighted by Gasteiger charge is -2.30. The van der Waals surface area contributed by atoms with E-state index in [4.69, 9.17) is 0 Å². The van der Waals surface area contributed by atoms with E-state index in [1.165, 1.54) is 11.1 Å². The number of hydrogen-bond acceptors (Lipinski definition) is 2. The number of aryl methyl sites for hydroxylation is 1. The van der Waals surface area contributed by atoms with Crippen LogP contribution < -0.4 is 5.32 Å². The van der Waals surface area contributed by atoms with Crippen molar-refractivity contribution in [3.63, 3.8) is 0 Å². The Kier molecular flexibility index (Phi) is 3.31. The van der Waals surface area contributed by atoms with Gasteiger partial charge in [-0.05, 0) is 56.1 Å². The fourth-order valence-corrected chi connectivity index (χ4v) is 3.38. The Balaban J connectivity index is 1.76. The van der Waals surface area contributed by atoms with Crippen LogP contribution in [0.3, 0.4) is 0 Å². The topological polar surface area (TPSA) is 49.3 Å².